The van der Waals surface area contributed by atoms with Crippen LogP contribution in [0.25, 0.3) is 0 Å². The monoisotopic (exact) mass is 467 g/mol. The number of nitrogens with zero attached hydrogens (tertiary/aromatic N) is 2. The second-order valence-corrected chi connectivity index (χ2v) is 12.4. The molecule has 0 aromatic heterocycles. The van der Waals surface area contributed by atoms with Crippen LogP contribution in [-0.2, 0) is 14.3 Å². The Hall–Kier alpha value is -1.83. The first-order chi connectivity index (χ1) is 15.1. The Bertz CT molecular complexity index is 713. The Labute approximate surface area is 199 Å². The topological polar surface area (TPSA) is 99.2 Å². The quantitative estimate of drug-likeness (QED) is 0.646. The highest BCUT2D eigenvalue weighted by molar-refractivity contribution is 5.87. The SMILES string of the molecule is CC1(C)CCC(N(C(=O)C(C)(C)C)[C@H]2C[C@@H](C(=O)NCCO)N(C(=O)OC(C)(C)C)C2)CC1. The second kappa shape index (κ2) is 10.2. The van der Waals surface area contributed by atoms with Gasteiger partial charge in [0.1, 0.15) is 11.6 Å². The summed E-state index contributed by atoms with van der Waals surface area (Å²) < 4.78 is 5.59. The lowest BCUT2D eigenvalue weighted by atomic mass is 9.74. The van der Waals surface area contributed by atoms with Gasteiger partial charge in [0.15, 0.2) is 0 Å². The molecule has 1 aliphatic carbocycles. The smallest absolute Gasteiger partial charge is 0.411 e. The van der Waals surface area contributed by atoms with Crippen LogP contribution in [0.4, 0.5) is 4.79 Å². The molecule has 1 saturated carbocycles. The Morgan fingerprint density at radius 2 is 1.64 bits per heavy atom. The highest BCUT2D eigenvalue weighted by Gasteiger charge is 2.48. The number of rotatable bonds is 5. The number of likely N-dealkylation sites (tertiary alicyclic amines) is 1. The Morgan fingerprint density at radius 3 is 2.12 bits per heavy atom. The van der Waals surface area contributed by atoms with Crippen LogP contribution in [-0.4, -0.2) is 76.2 Å². The molecule has 0 bridgehead atoms. The maximum atomic E-state index is 13.6. The molecule has 8 nitrogen and oxygen atoms in total. The maximum absolute atomic E-state index is 13.6. The molecule has 2 N–H and O–H groups in total. The van der Waals surface area contributed by atoms with Crippen LogP contribution in [0.2, 0.25) is 0 Å². The number of amides is 3. The van der Waals surface area contributed by atoms with Crippen molar-refractivity contribution in [3.8, 4) is 0 Å². The number of ether oxygens (including phenoxy) is 1. The van der Waals surface area contributed by atoms with Gasteiger partial charge >= 0.3 is 6.09 Å². The van der Waals surface area contributed by atoms with Crippen LogP contribution < -0.4 is 5.32 Å². The van der Waals surface area contributed by atoms with Gasteiger partial charge < -0.3 is 20.1 Å². The lowest BCUT2D eigenvalue weighted by Gasteiger charge is -2.45. The first-order valence-corrected chi connectivity index (χ1v) is 12.3. The third-order valence-corrected chi connectivity index (χ3v) is 6.59. The van der Waals surface area contributed by atoms with Crippen molar-refractivity contribution in [1.82, 2.24) is 15.1 Å². The highest BCUT2D eigenvalue weighted by Crippen LogP contribution is 2.40. The summed E-state index contributed by atoms with van der Waals surface area (Å²) in [7, 11) is 0. The summed E-state index contributed by atoms with van der Waals surface area (Å²) in [5.74, 6) is -0.275. The van der Waals surface area contributed by atoms with Crippen LogP contribution in [0.5, 0.6) is 0 Å². The van der Waals surface area contributed by atoms with E-state index in [0.29, 0.717) is 6.42 Å². The van der Waals surface area contributed by atoms with Crippen molar-refractivity contribution in [3.63, 3.8) is 0 Å². The molecule has 2 fully saturated rings. The number of carbonyl (C=O) groups is 3. The van der Waals surface area contributed by atoms with E-state index in [2.05, 4.69) is 19.2 Å². The van der Waals surface area contributed by atoms with Crippen LogP contribution >= 0.6 is 0 Å². The molecule has 3 amide bonds. The standard InChI is InChI=1S/C25H45N3O5/c1-23(2,3)21(31)28(17-9-11-25(7,8)12-10-17)18-15-19(20(30)26-13-14-29)27(16-18)22(32)33-24(4,5)6/h17-19,29H,9-16H2,1-8H3,(H,26,30)/t18-,19-/m0/s1. The van der Waals surface area contributed by atoms with Gasteiger partial charge in [-0.05, 0) is 58.3 Å². The van der Waals surface area contributed by atoms with Crippen molar-refractivity contribution in [2.24, 2.45) is 10.8 Å². The van der Waals surface area contributed by atoms with E-state index in [1.54, 1.807) is 20.8 Å². The Morgan fingerprint density at radius 1 is 1.06 bits per heavy atom. The summed E-state index contributed by atoms with van der Waals surface area (Å²) >= 11 is 0. The first kappa shape index (κ1) is 27.4. The van der Waals surface area contributed by atoms with Crippen LogP contribution in [0, 0.1) is 10.8 Å². The lowest BCUT2D eigenvalue weighted by molar-refractivity contribution is -0.146. The van der Waals surface area contributed by atoms with Crippen molar-refractivity contribution in [2.45, 2.75) is 111 Å². The zero-order valence-corrected chi connectivity index (χ0v) is 21.9. The van der Waals surface area contributed by atoms with Gasteiger partial charge in [0, 0.05) is 24.5 Å². The summed E-state index contributed by atoms with van der Waals surface area (Å²) in [5.41, 5.74) is -1.00. The van der Waals surface area contributed by atoms with E-state index in [0.717, 1.165) is 25.7 Å². The number of carbonyl (C=O) groups excluding carboxylic acids is 3. The molecule has 2 aliphatic rings. The van der Waals surface area contributed by atoms with E-state index in [4.69, 9.17) is 9.84 Å². The number of hydrogen-bond acceptors (Lipinski definition) is 5. The van der Waals surface area contributed by atoms with Gasteiger partial charge in [-0.2, -0.15) is 0 Å². The van der Waals surface area contributed by atoms with Gasteiger partial charge in [-0.1, -0.05) is 34.6 Å². The van der Waals surface area contributed by atoms with Crippen LogP contribution in [0.3, 0.4) is 0 Å². The van der Waals surface area contributed by atoms with Crippen molar-refractivity contribution >= 4 is 17.9 Å². The predicted octanol–water partition coefficient (Wildman–Crippen LogP) is 3.32. The average molecular weight is 468 g/mol. The summed E-state index contributed by atoms with van der Waals surface area (Å²) in [4.78, 5) is 43.0. The van der Waals surface area contributed by atoms with Gasteiger partial charge in [0.2, 0.25) is 11.8 Å². The summed E-state index contributed by atoms with van der Waals surface area (Å²) in [6.45, 7) is 15.8. The molecule has 190 valence electrons. The molecule has 0 aromatic rings. The molecule has 0 spiro atoms. The predicted molar refractivity (Wildman–Crippen MR) is 128 cm³/mol. The molecule has 0 aromatic carbocycles. The van der Waals surface area contributed by atoms with Crippen molar-refractivity contribution in [3.05, 3.63) is 0 Å². The summed E-state index contributed by atoms with van der Waals surface area (Å²) in [5, 5.41) is 11.8. The van der Waals surface area contributed by atoms with E-state index in [9.17, 15) is 14.4 Å². The Kier molecular flexibility index (Phi) is 8.47. The highest BCUT2D eigenvalue weighted by atomic mass is 16.6. The number of aliphatic hydroxyl groups is 1. The summed E-state index contributed by atoms with van der Waals surface area (Å²) in [6.07, 6.45) is 3.71. The number of hydrogen-bond donors (Lipinski definition) is 2. The van der Waals surface area contributed by atoms with Gasteiger partial charge in [0.25, 0.3) is 0 Å². The molecule has 1 heterocycles. The Balaban J connectivity index is 2.34. The molecular weight excluding hydrogens is 422 g/mol. The zero-order chi connectivity index (χ0) is 25.2. The van der Waals surface area contributed by atoms with Gasteiger partial charge in [-0.15, -0.1) is 0 Å². The minimum atomic E-state index is -0.744. The molecule has 0 radical (unpaired) electrons. The first-order valence-electron chi connectivity index (χ1n) is 12.3. The van der Waals surface area contributed by atoms with E-state index in [-0.39, 0.29) is 49.0 Å². The largest absolute Gasteiger partial charge is 0.444 e. The average Bonchev–Trinajstić information content (AvgIpc) is 3.10. The van der Waals surface area contributed by atoms with E-state index in [1.165, 1.54) is 4.90 Å². The van der Waals surface area contributed by atoms with E-state index < -0.39 is 23.2 Å². The summed E-state index contributed by atoms with van der Waals surface area (Å²) in [6, 6.07) is -0.915. The van der Waals surface area contributed by atoms with Crippen molar-refractivity contribution < 1.29 is 24.2 Å². The maximum Gasteiger partial charge on any atom is 0.411 e. The second-order valence-electron chi connectivity index (χ2n) is 12.4. The third-order valence-electron chi connectivity index (χ3n) is 6.59. The molecule has 0 unspecified atom stereocenters. The normalized spacial score (nSPS) is 23.8. The molecule has 1 aliphatic heterocycles. The van der Waals surface area contributed by atoms with Crippen LogP contribution in [0.15, 0.2) is 0 Å². The molecule has 1 saturated heterocycles. The molecule has 8 heteroatoms. The zero-order valence-electron chi connectivity index (χ0n) is 21.9. The van der Waals surface area contributed by atoms with Gasteiger partial charge in [-0.3, -0.25) is 14.5 Å². The minimum absolute atomic E-state index is 0.0535. The van der Waals surface area contributed by atoms with E-state index in [1.807, 2.05) is 25.7 Å². The number of nitrogens with one attached hydrogen (secondary N) is 1. The fourth-order valence-corrected chi connectivity index (χ4v) is 4.76. The molecule has 2 atom stereocenters. The fraction of sp³-hybridized carbons (Fsp3) is 0.880. The lowest BCUT2D eigenvalue weighted by Crippen LogP contribution is -2.54. The van der Waals surface area contributed by atoms with Crippen molar-refractivity contribution in [1.29, 1.82) is 0 Å². The van der Waals surface area contributed by atoms with Gasteiger partial charge in [0.05, 0.1) is 12.6 Å². The van der Waals surface area contributed by atoms with Gasteiger partial charge in [-0.25, -0.2) is 4.79 Å². The fourth-order valence-electron chi connectivity index (χ4n) is 4.76. The van der Waals surface area contributed by atoms with Crippen LogP contribution in [0.1, 0.15) is 87.5 Å². The molecule has 2 rings (SSSR count). The van der Waals surface area contributed by atoms with Crippen molar-refractivity contribution in [2.75, 3.05) is 19.7 Å². The molecular formula is C25H45N3O5. The van der Waals surface area contributed by atoms with E-state index >= 15 is 0 Å². The third kappa shape index (κ3) is 7.33. The molecule has 33 heavy (non-hydrogen) atoms. The minimum Gasteiger partial charge on any atom is -0.444 e. The number of aliphatic hydroxyl groups excluding tert-OH is 1.